The smallest absolute Gasteiger partial charge is 0.173 e. The zero-order chi connectivity index (χ0) is 22.8. The molecular weight excluding hydrogens is 408 g/mol. The minimum absolute atomic E-state index is 0.0292. The summed E-state index contributed by atoms with van der Waals surface area (Å²) in [5, 5.41) is 3.90. The van der Waals surface area contributed by atoms with Gasteiger partial charge in [-0.15, -0.1) is 0 Å². The number of unbranched alkanes of at least 4 members (excludes halogenated alkanes) is 6. The molecule has 0 radical (unpaired) electrons. The molecule has 172 valence electrons. The van der Waals surface area contributed by atoms with Crippen molar-refractivity contribution >= 4 is 23.1 Å². The number of thiocarbonyl (C=S) groups is 1. The lowest BCUT2D eigenvalue weighted by molar-refractivity contribution is -0.114. The number of allylic oxidation sites excluding steroid dienone is 1. The molecule has 1 aliphatic rings. The minimum atomic E-state index is -0.294. The van der Waals surface area contributed by atoms with Crippen LogP contribution < -0.4 is 14.8 Å². The van der Waals surface area contributed by atoms with Crippen LogP contribution in [0.15, 0.2) is 29.5 Å². The first-order valence-electron chi connectivity index (χ1n) is 11.6. The second kappa shape index (κ2) is 12.7. The van der Waals surface area contributed by atoms with E-state index in [1.165, 1.54) is 38.5 Å². The third-order valence-corrected chi connectivity index (χ3v) is 6.13. The standard InChI is InChI=1S/C25H38N2O3S/c1-6-8-9-10-11-12-13-16-30-21-15-14-20(17-22(21)29-7-2)24-23(19(4)28)18(3)27(5)25(31)26-24/h14-15,17,24H,6-13,16H2,1-5H3,(H,26,31). The van der Waals surface area contributed by atoms with E-state index in [9.17, 15) is 4.79 Å². The molecule has 0 saturated heterocycles. The first-order valence-corrected chi connectivity index (χ1v) is 12.0. The SMILES string of the molecule is CCCCCCCCCOc1ccc(C2NC(=S)N(C)C(C)=C2C(C)=O)cc1OCC. The lowest BCUT2D eigenvalue weighted by Gasteiger charge is -2.35. The van der Waals surface area contributed by atoms with Gasteiger partial charge in [0.05, 0.1) is 19.3 Å². The zero-order valence-corrected chi connectivity index (χ0v) is 20.6. The number of ketones is 1. The Morgan fingerprint density at radius 3 is 2.39 bits per heavy atom. The van der Waals surface area contributed by atoms with Gasteiger partial charge in [-0.05, 0) is 57.1 Å². The fourth-order valence-corrected chi connectivity index (χ4v) is 4.13. The van der Waals surface area contributed by atoms with Gasteiger partial charge in [-0.2, -0.15) is 0 Å². The Morgan fingerprint density at radius 1 is 1.06 bits per heavy atom. The highest BCUT2D eigenvalue weighted by molar-refractivity contribution is 7.80. The highest BCUT2D eigenvalue weighted by atomic mass is 32.1. The van der Waals surface area contributed by atoms with Gasteiger partial charge in [-0.3, -0.25) is 4.79 Å². The van der Waals surface area contributed by atoms with E-state index in [0.29, 0.717) is 24.1 Å². The summed E-state index contributed by atoms with van der Waals surface area (Å²) in [6.07, 6.45) is 8.75. The highest BCUT2D eigenvalue weighted by Crippen LogP contribution is 2.36. The molecule has 0 spiro atoms. The Bertz CT molecular complexity index is 791. The van der Waals surface area contributed by atoms with Crippen molar-refractivity contribution in [3.8, 4) is 11.5 Å². The van der Waals surface area contributed by atoms with E-state index in [2.05, 4.69) is 12.2 Å². The molecule has 1 aliphatic heterocycles. The van der Waals surface area contributed by atoms with E-state index in [-0.39, 0.29) is 11.8 Å². The maximum atomic E-state index is 12.4. The summed E-state index contributed by atoms with van der Waals surface area (Å²) in [5.74, 6) is 1.48. The van der Waals surface area contributed by atoms with Gasteiger partial charge in [-0.25, -0.2) is 0 Å². The number of rotatable bonds is 13. The molecule has 0 aromatic heterocycles. The lowest BCUT2D eigenvalue weighted by atomic mass is 9.92. The number of Topliss-reactive ketones (excluding diaryl/α,β-unsaturated/α-hetero) is 1. The van der Waals surface area contributed by atoms with E-state index in [4.69, 9.17) is 21.7 Å². The number of carbonyl (C=O) groups is 1. The van der Waals surface area contributed by atoms with Crippen LogP contribution in [-0.2, 0) is 4.79 Å². The van der Waals surface area contributed by atoms with Gasteiger partial charge in [-0.1, -0.05) is 51.5 Å². The largest absolute Gasteiger partial charge is 0.490 e. The summed E-state index contributed by atoms with van der Waals surface area (Å²) in [6.45, 7) is 8.95. The molecule has 0 saturated carbocycles. The first kappa shape index (κ1) is 25.2. The summed E-state index contributed by atoms with van der Waals surface area (Å²) in [4.78, 5) is 14.2. The van der Waals surface area contributed by atoms with Crippen LogP contribution in [0.1, 0.15) is 84.2 Å². The number of carbonyl (C=O) groups excluding carboxylic acids is 1. The number of nitrogens with one attached hydrogen (secondary N) is 1. The number of hydrogen-bond donors (Lipinski definition) is 1. The quantitative estimate of drug-likeness (QED) is 0.299. The maximum Gasteiger partial charge on any atom is 0.173 e. The van der Waals surface area contributed by atoms with E-state index in [0.717, 1.165) is 29.0 Å². The monoisotopic (exact) mass is 446 g/mol. The molecule has 1 atom stereocenters. The number of ether oxygens (including phenoxy) is 2. The normalized spacial score (nSPS) is 16.4. The molecule has 0 fully saturated rings. The molecule has 1 unspecified atom stereocenters. The fraction of sp³-hybridized carbons (Fsp3) is 0.600. The van der Waals surface area contributed by atoms with Crippen molar-refractivity contribution in [2.75, 3.05) is 20.3 Å². The second-order valence-electron chi connectivity index (χ2n) is 8.11. The fourth-order valence-electron chi connectivity index (χ4n) is 3.88. The molecule has 2 rings (SSSR count). The predicted molar refractivity (Wildman–Crippen MR) is 131 cm³/mol. The minimum Gasteiger partial charge on any atom is -0.490 e. The molecule has 1 aromatic carbocycles. The summed E-state index contributed by atoms with van der Waals surface area (Å²) in [5.41, 5.74) is 2.53. The molecule has 0 aliphatic carbocycles. The topological polar surface area (TPSA) is 50.8 Å². The van der Waals surface area contributed by atoms with E-state index in [1.54, 1.807) is 6.92 Å². The molecule has 1 N–H and O–H groups in total. The van der Waals surface area contributed by atoms with Gasteiger partial charge >= 0.3 is 0 Å². The van der Waals surface area contributed by atoms with Gasteiger partial charge in [0.15, 0.2) is 22.4 Å². The summed E-state index contributed by atoms with van der Waals surface area (Å²) >= 11 is 5.46. The average molecular weight is 447 g/mol. The van der Waals surface area contributed by atoms with Crippen molar-refractivity contribution in [2.45, 2.75) is 78.7 Å². The number of benzene rings is 1. The molecule has 0 bridgehead atoms. The third kappa shape index (κ3) is 6.96. The van der Waals surface area contributed by atoms with Crippen LogP contribution in [0.4, 0.5) is 0 Å². The first-order chi connectivity index (χ1) is 14.9. The zero-order valence-electron chi connectivity index (χ0n) is 19.8. The van der Waals surface area contributed by atoms with Gasteiger partial charge < -0.3 is 19.7 Å². The maximum absolute atomic E-state index is 12.4. The van der Waals surface area contributed by atoms with E-state index >= 15 is 0 Å². The summed E-state index contributed by atoms with van der Waals surface area (Å²) < 4.78 is 11.9. The molecule has 1 heterocycles. The van der Waals surface area contributed by atoms with Crippen molar-refractivity contribution in [1.29, 1.82) is 0 Å². The van der Waals surface area contributed by atoms with Gasteiger partial charge in [0, 0.05) is 18.3 Å². The molecular formula is C25H38N2O3S. The predicted octanol–water partition coefficient (Wildman–Crippen LogP) is 5.94. The summed E-state index contributed by atoms with van der Waals surface area (Å²) in [7, 11) is 1.87. The molecule has 5 nitrogen and oxygen atoms in total. The van der Waals surface area contributed by atoms with Crippen molar-refractivity contribution in [3.05, 3.63) is 35.0 Å². The third-order valence-electron chi connectivity index (χ3n) is 5.74. The summed E-state index contributed by atoms with van der Waals surface area (Å²) in [6, 6.07) is 5.60. The van der Waals surface area contributed by atoms with Crippen LogP contribution in [0.3, 0.4) is 0 Å². The number of nitrogens with zero attached hydrogens (tertiary/aromatic N) is 1. The Balaban J connectivity index is 2.09. The van der Waals surface area contributed by atoms with E-state index < -0.39 is 0 Å². The number of hydrogen-bond acceptors (Lipinski definition) is 4. The van der Waals surface area contributed by atoms with Crippen molar-refractivity contribution < 1.29 is 14.3 Å². The molecule has 0 amide bonds. The molecule has 1 aromatic rings. The van der Waals surface area contributed by atoms with Crippen LogP contribution in [0.2, 0.25) is 0 Å². The van der Waals surface area contributed by atoms with Crippen molar-refractivity contribution in [2.24, 2.45) is 0 Å². The van der Waals surface area contributed by atoms with Crippen molar-refractivity contribution in [3.63, 3.8) is 0 Å². The van der Waals surface area contributed by atoms with Crippen LogP contribution in [0.5, 0.6) is 11.5 Å². The Morgan fingerprint density at radius 2 is 1.74 bits per heavy atom. The van der Waals surface area contributed by atoms with Gasteiger partial charge in [0.25, 0.3) is 0 Å². The van der Waals surface area contributed by atoms with Gasteiger partial charge in [0.2, 0.25) is 0 Å². The van der Waals surface area contributed by atoms with Crippen LogP contribution >= 0.6 is 12.2 Å². The van der Waals surface area contributed by atoms with Crippen LogP contribution in [0, 0.1) is 0 Å². The van der Waals surface area contributed by atoms with Crippen LogP contribution in [0.25, 0.3) is 0 Å². The Hall–Kier alpha value is -2.08. The molecule has 6 heteroatoms. The second-order valence-corrected chi connectivity index (χ2v) is 8.49. The van der Waals surface area contributed by atoms with Gasteiger partial charge in [0.1, 0.15) is 0 Å². The Kier molecular flexibility index (Phi) is 10.3. The van der Waals surface area contributed by atoms with E-state index in [1.807, 2.05) is 44.0 Å². The lowest BCUT2D eigenvalue weighted by Crippen LogP contribution is -2.45. The average Bonchev–Trinajstić information content (AvgIpc) is 2.74. The van der Waals surface area contributed by atoms with Crippen molar-refractivity contribution in [1.82, 2.24) is 10.2 Å². The van der Waals surface area contributed by atoms with Crippen LogP contribution in [-0.4, -0.2) is 36.1 Å². The highest BCUT2D eigenvalue weighted by Gasteiger charge is 2.31. The molecule has 31 heavy (non-hydrogen) atoms. The Labute approximate surface area is 193 Å².